The molecule has 2 heteroatoms. The zero-order valence-corrected chi connectivity index (χ0v) is 15.6. The molecular weight excluding hydrogens is 332 g/mol. The van der Waals surface area contributed by atoms with E-state index in [9.17, 15) is 0 Å². The lowest BCUT2D eigenvalue weighted by atomic mass is 9.82. The highest BCUT2D eigenvalue weighted by Gasteiger charge is 2.24. The second kappa shape index (κ2) is 7.55. The van der Waals surface area contributed by atoms with Gasteiger partial charge in [-0.3, -0.25) is 0 Å². The van der Waals surface area contributed by atoms with Crippen LogP contribution in [-0.2, 0) is 0 Å². The molecule has 4 aromatic rings. The Balaban J connectivity index is 2.05. The van der Waals surface area contributed by atoms with E-state index in [2.05, 4.69) is 66.7 Å². The molecule has 27 heavy (non-hydrogen) atoms. The standard InChI is InChI=1S/C25H22O2/c1-26-23-16-7-5-13-21(23)25(22-14-6-8-17-24(22)27-2)20-15-9-11-18-10-3-4-12-19(18)20/h3-17,25H,1-2H3. The monoisotopic (exact) mass is 354 g/mol. The Bertz CT molecular complexity index is 1020. The number of fused-ring (bicyclic) bond motifs is 1. The Labute approximate surface area is 160 Å². The fourth-order valence-electron chi connectivity index (χ4n) is 3.81. The lowest BCUT2D eigenvalue weighted by molar-refractivity contribution is 0.402. The van der Waals surface area contributed by atoms with Crippen LogP contribution in [0.2, 0.25) is 0 Å². The topological polar surface area (TPSA) is 18.5 Å². The van der Waals surface area contributed by atoms with Gasteiger partial charge in [-0.1, -0.05) is 78.9 Å². The van der Waals surface area contributed by atoms with Gasteiger partial charge in [0.1, 0.15) is 11.5 Å². The van der Waals surface area contributed by atoms with Crippen molar-refractivity contribution in [3.8, 4) is 11.5 Å². The van der Waals surface area contributed by atoms with E-state index in [1.165, 1.54) is 16.3 Å². The summed E-state index contributed by atoms with van der Waals surface area (Å²) in [5.41, 5.74) is 3.49. The number of benzene rings is 4. The number of para-hydroxylation sites is 2. The van der Waals surface area contributed by atoms with Crippen LogP contribution in [0.4, 0.5) is 0 Å². The average molecular weight is 354 g/mol. The fraction of sp³-hybridized carbons (Fsp3) is 0.120. The van der Waals surface area contributed by atoms with E-state index in [0.29, 0.717) is 0 Å². The van der Waals surface area contributed by atoms with Crippen molar-refractivity contribution in [3.05, 3.63) is 108 Å². The summed E-state index contributed by atoms with van der Waals surface area (Å²) in [7, 11) is 3.45. The molecule has 0 bridgehead atoms. The molecule has 2 nitrogen and oxygen atoms in total. The first kappa shape index (κ1) is 17.2. The Morgan fingerprint density at radius 2 is 1.00 bits per heavy atom. The van der Waals surface area contributed by atoms with E-state index in [1.54, 1.807) is 14.2 Å². The predicted molar refractivity (Wildman–Crippen MR) is 111 cm³/mol. The van der Waals surface area contributed by atoms with Crippen LogP contribution in [-0.4, -0.2) is 14.2 Å². The molecule has 0 aliphatic carbocycles. The number of hydrogen-bond donors (Lipinski definition) is 0. The van der Waals surface area contributed by atoms with Gasteiger partial charge in [0.25, 0.3) is 0 Å². The van der Waals surface area contributed by atoms with Crippen molar-refractivity contribution < 1.29 is 9.47 Å². The molecule has 0 spiro atoms. The maximum Gasteiger partial charge on any atom is 0.123 e. The van der Waals surface area contributed by atoms with Gasteiger partial charge in [0.15, 0.2) is 0 Å². The zero-order chi connectivity index (χ0) is 18.6. The van der Waals surface area contributed by atoms with Crippen molar-refractivity contribution in [2.75, 3.05) is 14.2 Å². The van der Waals surface area contributed by atoms with Gasteiger partial charge >= 0.3 is 0 Å². The summed E-state index contributed by atoms with van der Waals surface area (Å²) >= 11 is 0. The third-order valence-corrected chi connectivity index (χ3v) is 5.03. The minimum Gasteiger partial charge on any atom is -0.496 e. The van der Waals surface area contributed by atoms with Crippen LogP contribution in [0, 0.1) is 0 Å². The van der Waals surface area contributed by atoms with Gasteiger partial charge in [-0.2, -0.15) is 0 Å². The smallest absolute Gasteiger partial charge is 0.123 e. The molecule has 4 aromatic carbocycles. The highest BCUT2D eigenvalue weighted by atomic mass is 16.5. The number of ether oxygens (including phenoxy) is 2. The van der Waals surface area contributed by atoms with Crippen LogP contribution in [0.3, 0.4) is 0 Å². The first-order valence-electron chi connectivity index (χ1n) is 9.07. The van der Waals surface area contributed by atoms with Crippen LogP contribution in [0.25, 0.3) is 10.8 Å². The summed E-state index contributed by atoms with van der Waals surface area (Å²) in [5.74, 6) is 1.76. The van der Waals surface area contributed by atoms with Crippen LogP contribution >= 0.6 is 0 Å². The molecule has 0 aliphatic heterocycles. The van der Waals surface area contributed by atoms with Gasteiger partial charge in [-0.15, -0.1) is 0 Å². The first-order chi connectivity index (χ1) is 13.3. The molecule has 0 radical (unpaired) electrons. The maximum absolute atomic E-state index is 5.71. The second-order valence-corrected chi connectivity index (χ2v) is 6.49. The van der Waals surface area contributed by atoms with Gasteiger partial charge in [0.2, 0.25) is 0 Å². The summed E-state index contributed by atoms with van der Waals surface area (Å²) in [6.45, 7) is 0. The van der Waals surface area contributed by atoms with Crippen molar-refractivity contribution >= 4 is 10.8 Å². The molecule has 0 fully saturated rings. The third kappa shape index (κ3) is 3.15. The first-order valence-corrected chi connectivity index (χ1v) is 9.07. The van der Waals surface area contributed by atoms with E-state index < -0.39 is 0 Å². The van der Waals surface area contributed by atoms with Crippen molar-refractivity contribution in [1.82, 2.24) is 0 Å². The zero-order valence-electron chi connectivity index (χ0n) is 15.6. The lowest BCUT2D eigenvalue weighted by Gasteiger charge is -2.24. The molecule has 0 saturated carbocycles. The Morgan fingerprint density at radius 1 is 0.519 bits per heavy atom. The van der Waals surface area contributed by atoms with Crippen LogP contribution in [0.5, 0.6) is 11.5 Å². The molecule has 0 amide bonds. The molecular formula is C25H22O2. The number of methoxy groups -OCH3 is 2. The summed E-state index contributed by atoms with van der Waals surface area (Å²) in [6, 6.07) is 31.4. The fourth-order valence-corrected chi connectivity index (χ4v) is 3.81. The number of hydrogen-bond acceptors (Lipinski definition) is 2. The molecule has 0 atom stereocenters. The summed E-state index contributed by atoms with van der Waals surface area (Å²) in [6.07, 6.45) is 0. The molecule has 0 heterocycles. The maximum atomic E-state index is 5.71. The lowest BCUT2D eigenvalue weighted by Crippen LogP contribution is -2.07. The summed E-state index contributed by atoms with van der Waals surface area (Å²) in [5, 5.41) is 2.46. The van der Waals surface area contributed by atoms with E-state index in [0.717, 1.165) is 22.6 Å². The predicted octanol–water partition coefficient (Wildman–Crippen LogP) is 6.04. The molecule has 0 aliphatic rings. The van der Waals surface area contributed by atoms with Gasteiger partial charge in [-0.05, 0) is 28.5 Å². The van der Waals surface area contributed by atoms with E-state index >= 15 is 0 Å². The van der Waals surface area contributed by atoms with E-state index in [4.69, 9.17) is 9.47 Å². The third-order valence-electron chi connectivity index (χ3n) is 5.03. The van der Waals surface area contributed by atoms with Crippen molar-refractivity contribution in [2.45, 2.75) is 5.92 Å². The molecule has 0 N–H and O–H groups in total. The average Bonchev–Trinajstić information content (AvgIpc) is 2.75. The van der Waals surface area contributed by atoms with Crippen LogP contribution in [0.15, 0.2) is 91.0 Å². The molecule has 0 aromatic heterocycles. The van der Waals surface area contributed by atoms with E-state index in [1.807, 2.05) is 24.3 Å². The number of rotatable bonds is 5. The van der Waals surface area contributed by atoms with Gasteiger partial charge in [-0.25, -0.2) is 0 Å². The van der Waals surface area contributed by atoms with Crippen LogP contribution < -0.4 is 9.47 Å². The molecule has 4 rings (SSSR count). The Morgan fingerprint density at radius 3 is 1.63 bits per heavy atom. The van der Waals surface area contributed by atoms with Crippen molar-refractivity contribution in [2.24, 2.45) is 0 Å². The Kier molecular flexibility index (Phi) is 4.80. The highest BCUT2D eigenvalue weighted by molar-refractivity contribution is 5.87. The normalized spacial score (nSPS) is 10.9. The summed E-state index contributed by atoms with van der Waals surface area (Å²) in [4.78, 5) is 0. The van der Waals surface area contributed by atoms with Gasteiger partial charge in [0, 0.05) is 17.0 Å². The molecule has 134 valence electrons. The SMILES string of the molecule is COc1ccccc1C(c1ccccc1OC)c1cccc2ccccc12. The minimum absolute atomic E-state index is 0.00315. The van der Waals surface area contributed by atoms with Crippen molar-refractivity contribution in [1.29, 1.82) is 0 Å². The summed E-state index contributed by atoms with van der Waals surface area (Å²) < 4.78 is 11.4. The quantitative estimate of drug-likeness (QED) is 0.407. The largest absolute Gasteiger partial charge is 0.496 e. The molecule has 0 saturated heterocycles. The second-order valence-electron chi connectivity index (χ2n) is 6.49. The Hall–Kier alpha value is -3.26. The highest BCUT2D eigenvalue weighted by Crippen LogP contribution is 2.42. The van der Waals surface area contributed by atoms with Gasteiger partial charge in [0.05, 0.1) is 14.2 Å². The van der Waals surface area contributed by atoms with E-state index in [-0.39, 0.29) is 5.92 Å². The minimum atomic E-state index is 0.00315. The van der Waals surface area contributed by atoms with Crippen molar-refractivity contribution in [3.63, 3.8) is 0 Å². The molecule has 0 unspecified atom stereocenters. The van der Waals surface area contributed by atoms with Gasteiger partial charge < -0.3 is 9.47 Å². The van der Waals surface area contributed by atoms with Crippen LogP contribution in [0.1, 0.15) is 22.6 Å².